The molecule has 8 nitrogen and oxygen atoms in total. The fourth-order valence-corrected chi connectivity index (χ4v) is 4.13. The van der Waals surface area contributed by atoms with Crippen molar-refractivity contribution >= 4 is 28.2 Å². The summed E-state index contributed by atoms with van der Waals surface area (Å²) in [5.41, 5.74) is 3.16. The van der Waals surface area contributed by atoms with Gasteiger partial charge in [0.1, 0.15) is 11.6 Å². The standard InChI is InChI=1S/C26H27N7O/c1-27-25-17-28-16-23(31-25)18-3-4-20-15-30-22(12-21(20)11-18)14-24(34)19-5-6-29-26(13-19)33-9-7-32(2)8-10-33/h3-6,11-13,15-17H,7-10,14H2,1-2H3,(H,27,31). The van der Waals surface area contributed by atoms with Crippen LogP contribution in [0.2, 0.25) is 0 Å². The van der Waals surface area contributed by atoms with Crippen molar-refractivity contribution in [1.29, 1.82) is 0 Å². The van der Waals surface area contributed by atoms with Crippen LogP contribution >= 0.6 is 0 Å². The number of carbonyl (C=O) groups is 1. The highest BCUT2D eigenvalue weighted by Gasteiger charge is 2.17. The number of likely N-dealkylation sites (N-methyl/N-ethyl adjacent to an activating group) is 1. The van der Waals surface area contributed by atoms with Gasteiger partial charge in [0.15, 0.2) is 5.78 Å². The number of aromatic nitrogens is 4. The Labute approximate surface area is 198 Å². The van der Waals surface area contributed by atoms with Crippen LogP contribution < -0.4 is 10.2 Å². The van der Waals surface area contributed by atoms with Crippen molar-refractivity contribution in [3.63, 3.8) is 0 Å². The lowest BCUT2D eigenvalue weighted by Crippen LogP contribution is -2.44. The van der Waals surface area contributed by atoms with Gasteiger partial charge in [-0.05, 0) is 36.7 Å². The van der Waals surface area contributed by atoms with E-state index in [0.29, 0.717) is 11.4 Å². The lowest BCUT2D eigenvalue weighted by molar-refractivity contribution is 0.0992. The van der Waals surface area contributed by atoms with E-state index in [4.69, 9.17) is 0 Å². The zero-order chi connectivity index (χ0) is 23.5. The van der Waals surface area contributed by atoms with Gasteiger partial charge < -0.3 is 15.1 Å². The van der Waals surface area contributed by atoms with Crippen molar-refractivity contribution in [2.24, 2.45) is 0 Å². The Morgan fingerprint density at radius 1 is 0.971 bits per heavy atom. The lowest BCUT2D eigenvalue weighted by Gasteiger charge is -2.33. The number of rotatable bonds is 6. The molecule has 1 aromatic carbocycles. The van der Waals surface area contributed by atoms with Crippen molar-refractivity contribution in [2.45, 2.75) is 6.42 Å². The molecule has 4 aromatic rings. The molecule has 3 aromatic heterocycles. The third-order valence-corrected chi connectivity index (χ3v) is 6.20. The highest BCUT2D eigenvalue weighted by Crippen LogP contribution is 2.24. The predicted molar refractivity (Wildman–Crippen MR) is 134 cm³/mol. The fourth-order valence-electron chi connectivity index (χ4n) is 4.13. The number of piperazine rings is 1. The molecule has 172 valence electrons. The SMILES string of the molecule is CNc1cncc(-c2ccc3cnc(CC(=O)c4ccnc(N5CCN(C)CC5)c4)cc3c2)n1. The average Bonchev–Trinajstić information content (AvgIpc) is 2.89. The van der Waals surface area contributed by atoms with E-state index in [2.05, 4.69) is 48.2 Å². The van der Waals surface area contributed by atoms with E-state index < -0.39 is 0 Å². The molecule has 0 bridgehead atoms. The summed E-state index contributed by atoms with van der Waals surface area (Å²) in [5.74, 6) is 1.61. The zero-order valence-corrected chi connectivity index (χ0v) is 19.4. The molecule has 0 atom stereocenters. The van der Waals surface area contributed by atoms with Gasteiger partial charge in [0.05, 0.1) is 24.5 Å². The number of ketones is 1. The Balaban J connectivity index is 1.36. The molecule has 1 N–H and O–H groups in total. The van der Waals surface area contributed by atoms with Crippen molar-refractivity contribution in [3.8, 4) is 11.3 Å². The Morgan fingerprint density at radius 3 is 2.65 bits per heavy atom. The van der Waals surface area contributed by atoms with E-state index in [1.54, 1.807) is 24.7 Å². The fraction of sp³-hybridized carbons (Fsp3) is 0.269. The highest BCUT2D eigenvalue weighted by molar-refractivity contribution is 5.98. The van der Waals surface area contributed by atoms with E-state index in [0.717, 1.165) is 59.7 Å². The Hall–Kier alpha value is -3.91. The number of nitrogens with zero attached hydrogens (tertiary/aromatic N) is 6. The molecule has 1 saturated heterocycles. The average molecular weight is 454 g/mol. The van der Waals surface area contributed by atoms with Crippen molar-refractivity contribution < 1.29 is 4.79 Å². The molecule has 0 unspecified atom stereocenters. The number of Topliss-reactive ketones (excluding diaryl/α,β-unsaturated/α-hetero) is 1. The number of hydrogen-bond acceptors (Lipinski definition) is 8. The monoisotopic (exact) mass is 453 g/mol. The van der Waals surface area contributed by atoms with Gasteiger partial charge in [-0.2, -0.15) is 0 Å². The molecule has 0 amide bonds. The summed E-state index contributed by atoms with van der Waals surface area (Å²) in [5, 5.41) is 5.04. The second-order valence-corrected chi connectivity index (χ2v) is 8.57. The molecule has 0 spiro atoms. The largest absolute Gasteiger partial charge is 0.372 e. The van der Waals surface area contributed by atoms with Crippen LogP contribution in [0.5, 0.6) is 0 Å². The van der Waals surface area contributed by atoms with E-state index in [9.17, 15) is 4.79 Å². The van der Waals surface area contributed by atoms with Crippen LogP contribution in [0.15, 0.2) is 61.2 Å². The van der Waals surface area contributed by atoms with Crippen LogP contribution in [-0.4, -0.2) is 70.9 Å². The van der Waals surface area contributed by atoms with Crippen LogP contribution in [0.1, 0.15) is 16.1 Å². The van der Waals surface area contributed by atoms with E-state index in [1.165, 1.54) is 0 Å². The smallest absolute Gasteiger partial charge is 0.169 e. The molecule has 0 aliphatic carbocycles. The van der Waals surface area contributed by atoms with Gasteiger partial charge in [-0.25, -0.2) is 9.97 Å². The normalized spacial score (nSPS) is 14.4. The Kier molecular flexibility index (Phi) is 6.14. The van der Waals surface area contributed by atoms with Crippen LogP contribution in [0, 0.1) is 0 Å². The third-order valence-electron chi connectivity index (χ3n) is 6.20. The van der Waals surface area contributed by atoms with Crippen molar-refractivity contribution in [1.82, 2.24) is 24.8 Å². The van der Waals surface area contributed by atoms with Crippen LogP contribution in [-0.2, 0) is 6.42 Å². The van der Waals surface area contributed by atoms with Gasteiger partial charge >= 0.3 is 0 Å². The minimum Gasteiger partial charge on any atom is -0.372 e. The second-order valence-electron chi connectivity index (χ2n) is 8.57. The van der Waals surface area contributed by atoms with E-state index in [-0.39, 0.29) is 12.2 Å². The lowest BCUT2D eigenvalue weighted by atomic mass is 10.0. The van der Waals surface area contributed by atoms with Gasteiger partial charge in [0.25, 0.3) is 0 Å². The second kappa shape index (κ2) is 9.52. The molecule has 1 fully saturated rings. The Morgan fingerprint density at radius 2 is 1.82 bits per heavy atom. The number of pyridine rings is 2. The minimum absolute atomic E-state index is 0.0355. The molecule has 5 rings (SSSR count). The molecule has 0 radical (unpaired) electrons. The molecule has 0 saturated carbocycles. The Bertz CT molecular complexity index is 1330. The topological polar surface area (TPSA) is 87.1 Å². The summed E-state index contributed by atoms with van der Waals surface area (Å²) < 4.78 is 0. The highest BCUT2D eigenvalue weighted by atomic mass is 16.1. The maximum atomic E-state index is 13.1. The van der Waals surface area contributed by atoms with Crippen molar-refractivity contribution in [2.75, 3.05) is 50.5 Å². The summed E-state index contributed by atoms with van der Waals surface area (Å²) in [6.45, 7) is 3.82. The van der Waals surface area contributed by atoms with Crippen LogP contribution in [0.4, 0.5) is 11.6 Å². The van der Waals surface area contributed by atoms with Gasteiger partial charge in [0.2, 0.25) is 0 Å². The molecule has 1 aliphatic rings. The number of carbonyl (C=O) groups excluding carboxylic acids is 1. The summed E-state index contributed by atoms with van der Waals surface area (Å²) in [7, 11) is 3.94. The van der Waals surface area contributed by atoms with Gasteiger partial charge in [-0.15, -0.1) is 0 Å². The molecule has 34 heavy (non-hydrogen) atoms. The van der Waals surface area contributed by atoms with Crippen LogP contribution in [0.25, 0.3) is 22.0 Å². The number of benzene rings is 1. The number of fused-ring (bicyclic) bond motifs is 1. The van der Waals surface area contributed by atoms with Crippen molar-refractivity contribution in [3.05, 3.63) is 72.4 Å². The predicted octanol–water partition coefficient (Wildman–Crippen LogP) is 3.31. The van der Waals surface area contributed by atoms with E-state index >= 15 is 0 Å². The summed E-state index contributed by atoms with van der Waals surface area (Å²) in [4.78, 5) is 35.5. The number of hydrogen-bond donors (Lipinski definition) is 1. The molecular formula is C26H27N7O. The van der Waals surface area contributed by atoms with Crippen LogP contribution in [0.3, 0.4) is 0 Å². The first kappa shape index (κ1) is 21.9. The first-order chi connectivity index (χ1) is 16.6. The summed E-state index contributed by atoms with van der Waals surface area (Å²) in [6.07, 6.45) is 7.21. The third kappa shape index (κ3) is 4.72. The number of anilines is 2. The molecule has 4 heterocycles. The zero-order valence-electron chi connectivity index (χ0n) is 19.4. The van der Waals surface area contributed by atoms with Gasteiger partial charge in [-0.1, -0.05) is 12.1 Å². The summed E-state index contributed by atoms with van der Waals surface area (Å²) >= 11 is 0. The maximum absolute atomic E-state index is 13.1. The van der Waals surface area contributed by atoms with Gasteiger partial charge in [-0.3, -0.25) is 14.8 Å². The van der Waals surface area contributed by atoms with E-state index in [1.807, 2.05) is 37.5 Å². The first-order valence-electron chi connectivity index (χ1n) is 11.4. The van der Waals surface area contributed by atoms with Gasteiger partial charge in [0, 0.05) is 67.8 Å². The number of nitrogens with one attached hydrogen (secondary N) is 1. The first-order valence-corrected chi connectivity index (χ1v) is 11.4. The summed E-state index contributed by atoms with van der Waals surface area (Å²) in [6, 6.07) is 11.8. The molecular weight excluding hydrogens is 426 g/mol. The molecule has 1 aliphatic heterocycles. The molecule has 8 heteroatoms. The maximum Gasteiger partial charge on any atom is 0.169 e. The quantitative estimate of drug-likeness (QED) is 0.445. The minimum atomic E-state index is 0.0355.